The highest BCUT2D eigenvalue weighted by molar-refractivity contribution is 5.91. The minimum absolute atomic E-state index is 0.00651. The first-order valence-electron chi connectivity index (χ1n) is 5.87. The molecule has 0 saturated carbocycles. The van der Waals surface area contributed by atoms with Crippen LogP contribution in [0.15, 0.2) is 0 Å². The van der Waals surface area contributed by atoms with Crippen molar-refractivity contribution in [3.8, 4) is 0 Å². The van der Waals surface area contributed by atoms with Crippen LogP contribution in [0.4, 0.5) is 4.79 Å². The number of aliphatic carboxylic acids is 1. The predicted molar refractivity (Wildman–Crippen MR) is 64.1 cm³/mol. The zero-order valence-electron chi connectivity index (χ0n) is 10.8. The maximum atomic E-state index is 12.2. The van der Waals surface area contributed by atoms with Crippen LogP contribution in [0, 0.1) is 0 Å². The smallest absolute Gasteiger partial charge is 0.320 e. The number of piperazine rings is 1. The number of nitrogens with one attached hydrogen (secondary N) is 1. The lowest BCUT2D eigenvalue weighted by Crippen LogP contribution is -2.60. The second-order valence-corrected chi connectivity index (χ2v) is 4.59. The fourth-order valence-corrected chi connectivity index (χ4v) is 1.74. The molecule has 0 aliphatic carbocycles. The zero-order valence-corrected chi connectivity index (χ0v) is 10.8. The van der Waals surface area contributed by atoms with E-state index < -0.39 is 17.9 Å². The molecule has 0 aromatic carbocycles. The topological polar surface area (TPSA) is 90.0 Å². The first-order valence-corrected chi connectivity index (χ1v) is 5.87. The highest BCUT2D eigenvalue weighted by Crippen LogP contribution is 2.12. The molecule has 3 amide bonds. The Hall–Kier alpha value is -1.79. The molecule has 1 atom stereocenters. The molecule has 102 valence electrons. The second kappa shape index (κ2) is 5.70. The molecule has 1 unspecified atom stereocenters. The van der Waals surface area contributed by atoms with Crippen LogP contribution in [0.5, 0.6) is 0 Å². The van der Waals surface area contributed by atoms with Gasteiger partial charge in [0.1, 0.15) is 6.04 Å². The van der Waals surface area contributed by atoms with Gasteiger partial charge in [-0.05, 0) is 13.8 Å². The number of carboxylic acids is 1. The van der Waals surface area contributed by atoms with Gasteiger partial charge in [-0.15, -0.1) is 0 Å². The first-order chi connectivity index (χ1) is 8.34. The van der Waals surface area contributed by atoms with Crippen LogP contribution >= 0.6 is 0 Å². The van der Waals surface area contributed by atoms with E-state index in [1.54, 1.807) is 7.05 Å². The van der Waals surface area contributed by atoms with Gasteiger partial charge in [-0.3, -0.25) is 9.59 Å². The number of carbonyl (C=O) groups excluding carboxylic acids is 2. The number of urea groups is 1. The third kappa shape index (κ3) is 3.12. The van der Waals surface area contributed by atoms with Crippen LogP contribution in [0.3, 0.4) is 0 Å². The molecule has 0 aromatic rings. The van der Waals surface area contributed by atoms with Gasteiger partial charge in [-0.25, -0.2) is 4.79 Å². The van der Waals surface area contributed by atoms with Crippen molar-refractivity contribution in [1.29, 1.82) is 0 Å². The average molecular weight is 257 g/mol. The highest BCUT2D eigenvalue weighted by atomic mass is 16.4. The molecule has 1 aliphatic rings. The molecule has 0 spiro atoms. The van der Waals surface area contributed by atoms with Gasteiger partial charge >= 0.3 is 12.0 Å². The van der Waals surface area contributed by atoms with Gasteiger partial charge in [0.2, 0.25) is 5.91 Å². The van der Waals surface area contributed by atoms with Crippen molar-refractivity contribution in [2.24, 2.45) is 0 Å². The van der Waals surface area contributed by atoms with E-state index in [9.17, 15) is 14.4 Å². The Kier molecular flexibility index (Phi) is 4.52. The maximum absolute atomic E-state index is 12.2. The molecule has 1 rings (SSSR count). The minimum Gasteiger partial charge on any atom is -0.481 e. The molecule has 1 aliphatic heterocycles. The van der Waals surface area contributed by atoms with Crippen LogP contribution in [0.1, 0.15) is 20.3 Å². The molecule has 1 saturated heterocycles. The first kappa shape index (κ1) is 14.3. The zero-order chi connectivity index (χ0) is 13.9. The molecule has 7 heteroatoms. The Morgan fingerprint density at radius 1 is 1.56 bits per heavy atom. The minimum atomic E-state index is -1.10. The summed E-state index contributed by atoms with van der Waals surface area (Å²) < 4.78 is 0. The average Bonchev–Trinajstić information content (AvgIpc) is 2.29. The van der Waals surface area contributed by atoms with Gasteiger partial charge in [0, 0.05) is 26.2 Å². The van der Waals surface area contributed by atoms with E-state index in [4.69, 9.17) is 5.11 Å². The van der Waals surface area contributed by atoms with Crippen molar-refractivity contribution in [3.05, 3.63) is 0 Å². The van der Waals surface area contributed by atoms with Gasteiger partial charge < -0.3 is 20.2 Å². The number of nitrogens with zero attached hydrogens (tertiary/aromatic N) is 2. The number of rotatable bonds is 3. The van der Waals surface area contributed by atoms with Crippen LogP contribution in [0.25, 0.3) is 0 Å². The summed E-state index contributed by atoms with van der Waals surface area (Å²) in [4.78, 5) is 37.4. The van der Waals surface area contributed by atoms with Gasteiger partial charge in [-0.1, -0.05) is 0 Å². The lowest BCUT2D eigenvalue weighted by molar-refractivity contribution is -0.142. The summed E-state index contributed by atoms with van der Waals surface area (Å²) in [6.45, 7) is 4.40. The van der Waals surface area contributed by atoms with Crippen LogP contribution in [-0.4, -0.2) is 65.0 Å². The van der Waals surface area contributed by atoms with Crippen molar-refractivity contribution >= 4 is 17.9 Å². The van der Waals surface area contributed by atoms with Crippen molar-refractivity contribution in [3.63, 3.8) is 0 Å². The number of hydrogen-bond acceptors (Lipinski definition) is 3. The standard InChI is InChI=1S/C11H19N3O4/c1-7(2)13(3)11(18)14-5-4-12-10(17)8(14)6-9(15)16/h7-8H,4-6H2,1-3H3,(H,12,17)(H,15,16). The molecule has 0 aromatic heterocycles. The Labute approximate surface area is 106 Å². The summed E-state index contributed by atoms with van der Waals surface area (Å²) in [5.41, 5.74) is 0. The van der Waals surface area contributed by atoms with E-state index in [1.807, 2.05) is 13.8 Å². The number of hydrogen-bond donors (Lipinski definition) is 2. The summed E-state index contributed by atoms with van der Waals surface area (Å²) in [5, 5.41) is 11.4. The molecule has 1 heterocycles. The summed E-state index contributed by atoms with van der Waals surface area (Å²) in [6.07, 6.45) is -0.372. The second-order valence-electron chi connectivity index (χ2n) is 4.59. The van der Waals surface area contributed by atoms with Crippen LogP contribution < -0.4 is 5.32 Å². The van der Waals surface area contributed by atoms with Gasteiger partial charge in [0.15, 0.2) is 0 Å². The lowest BCUT2D eigenvalue weighted by atomic mass is 10.1. The molecular weight excluding hydrogens is 238 g/mol. The number of carbonyl (C=O) groups is 3. The van der Waals surface area contributed by atoms with Crippen molar-refractivity contribution in [2.45, 2.75) is 32.4 Å². The van der Waals surface area contributed by atoms with E-state index in [1.165, 1.54) is 9.80 Å². The Morgan fingerprint density at radius 3 is 2.67 bits per heavy atom. The fourth-order valence-electron chi connectivity index (χ4n) is 1.74. The third-order valence-corrected chi connectivity index (χ3v) is 3.02. The SMILES string of the molecule is CC(C)N(C)C(=O)N1CCNC(=O)C1CC(=O)O. The van der Waals surface area contributed by atoms with E-state index in [2.05, 4.69) is 5.32 Å². The van der Waals surface area contributed by atoms with Crippen molar-refractivity contribution in [1.82, 2.24) is 15.1 Å². The molecular formula is C11H19N3O4. The van der Waals surface area contributed by atoms with Crippen molar-refractivity contribution in [2.75, 3.05) is 20.1 Å². The molecule has 0 radical (unpaired) electrons. The van der Waals surface area contributed by atoms with Gasteiger partial charge in [0.25, 0.3) is 0 Å². The Morgan fingerprint density at radius 2 is 2.17 bits per heavy atom. The quantitative estimate of drug-likeness (QED) is 0.727. The third-order valence-electron chi connectivity index (χ3n) is 3.02. The highest BCUT2D eigenvalue weighted by Gasteiger charge is 2.36. The Balaban J connectivity index is 2.85. The van der Waals surface area contributed by atoms with Gasteiger partial charge in [-0.2, -0.15) is 0 Å². The van der Waals surface area contributed by atoms with E-state index in [0.29, 0.717) is 13.1 Å². The maximum Gasteiger partial charge on any atom is 0.320 e. The van der Waals surface area contributed by atoms with E-state index in [0.717, 1.165) is 0 Å². The van der Waals surface area contributed by atoms with Crippen LogP contribution in [0.2, 0.25) is 0 Å². The van der Waals surface area contributed by atoms with Gasteiger partial charge in [0.05, 0.1) is 6.42 Å². The molecule has 2 N–H and O–H groups in total. The number of carboxylic acid groups (broad SMARTS) is 1. The summed E-state index contributed by atoms with van der Waals surface area (Å²) in [7, 11) is 1.64. The lowest BCUT2D eigenvalue weighted by Gasteiger charge is -2.37. The normalized spacial score (nSPS) is 19.7. The summed E-state index contributed by atoms with van der Waals surface area (Å²) in [6, 6.07) is -1.25. The predicted octanol–water partition coefficient (Wildman–Crippen LogP) is -0.278. The van der Waals surface area contributed by atoms with E-state index in [-0.39, 0.29) is 18.5 Å². The monoisotopic (exact) mass is 257 g/mol. The summed E-state index contributed by atoms with van der Waals surface area (Å²) >= 11 is 0. The molecule has 7 nitrogen and oxygen atoms in total. The van der Waals surface area contributed by atoms with E-state index >= 15 is 0 Å². The Bertz CT molecular complexity index is 356. The van der Waals surface area contributed by atoms with Crippen LogP contribution in [-0.2, 0) is 9.59 Å². The largest absolute Gasteiger partial charge is 0.481 e. The molecule has 1 fully saturated rings. The molecule has 0 bridgehead atoms. The number of amides is 3. The van der Waals surface area contributed by atoms with Crippen molar-refractivity contribution < 1.29 is 19.5 Å². The molecule has 18 heavy (non-hydrogen) atoms. The summed E-state index contributed by atoms with van der Waals surface area (Å²) in [5.74, 6) is -1.50. The fraction of sp³-hybridized carbons (Fsp3) is 0.727.